The second kappa shape index (κ2) is 7.67. The molecule has 0 spiro atoms. The van der Waals surface area contributed by atoms with Gasteiger partial charge in [0.15, 0.2) is 0 Å². The van der Waals surface area contributed by atoms with Crippen molar-refractivity contribution in [2.75, 3.05) is 0 Å². The molecule has 0 nitrogen and oxygen atoms in total. The van der Waals surface area contributed by atoms with Crippen LogP contribution in [0.4, 0.5) is 0 Å². The zero-order chi connectivity index (χ0) is 17.6. The van der Waals surface area contributed by atoms with Gasteiger partial charge in [-0.1, -0.05) is 121 Å². The van der Waals surface area contributed by atoms with Crippen molar-refractivity contribution >= 4 is 12.2 Å². The number of hydrogen-bond acceptors (Lipinski definition) is 0. The highest BCUT2D eigenvalue weighted by atomic mass is 14.1. The van der Waals surface area contributed by atoms with Gasteiger partial charge in [0.1, 0.15) is 0 Å². The van der Waals surface area contributed by atoms with Crippen molar-refractivity contribution in [1.29, 1.82) is 0 Å². The molecule has 0 radical (unpaired) electrons. The smallest absolute Gasteiger partial charge is 0.0111 e. The van der Waals surface area contributed by atoms with E-state index < -0.39 is 0 Å². The summed E-state index contributed by atoms with van der Waals surface area (Å²) < 4.78 is 0. The predicted octanol–water partition coefficient (Wildman–Crippen LogP) is 7.19. The molecule has 4 aromatic rings. The second-order valence-electron chi connectivity index (χ2n) is 6.27. The number of benzene rings is 4. The molecule has 0 saturated carbocycles. The Hall–Kier alpha value is -3.38. The molecule has 0 unspecified atom stereocenters. The van der Waals surface area contributed by atoms with Gasteiger partial charge in [0.2, 0.25) is 0 Å². The van der Waals surface area contributed by atoms with Gasteiger partial charge < -0.3 is 0 Å². The van der Waals surface area contributed by atoms with Gasteiger partial charge >= 0.3 is 0 Å². The minimum Gasteiger partial charge on any atom is -0.0622 e. The van der Waals surface area contributed by atoms with Crippen molar-refractivity contribution in [3.8, 4) is 22.3 Å². The average molecular weight is 332 g/mol. The van der Waals surface area contributed by atoms with Crippen LogP contribution in [0.25, 0.3) is 34.4 Å². The first-order valence-electron chi connectivity index (χ1n) is 8.88. The maximum absolute atomic E-state index is 2.21. The highest BCUT2D eigenvalue weighted by Gasteiger charge is 2.03. The van der Waals surface area contributed by atoms with Gasteiger partial charge in [-0.3, -0.25) is 0 Å². The van der Waals surface area contributed by atoms with E-state index in [9.17, 15) is 0 Å². The molecule has 4 rings (SSSR count). The lowest BCUT2D eigenvalue weighted by molar-refractivity contribution is 1.57. The Morgan fingerprint density at radius 3 is 1.65 bits per heavy atom. The molecular weight excluding hydrogens is 312 g/mol. The Balaban J connectivity index is 1.65. The molecule has 0 N–H and O–H groups in total. The van der Waals surface area contributed by atoms with Crippen LogP contribution >= 0.6 is 0 Å². The molecule has 0 amide bonds. The van der Waals surface area contributed by atoms with Gasteiger partial charge in [0.05, 0.1) is 0 Å². The summed E-state index contributed by atoms with van der Waals surface area (Å²) in [4.78, 5) is 0. The zero-order valence-corrected chi connectivity index (χ0v) is 14.5. The van der Waals surface area contributed by atoms with Crippen molar-refractivity contribution in [1.82, 2.24) is 0 Å². The predicted molar refractivity (Wildman–Crippen MR) is 113 cm³/mol. The molecule has 0 aliphatic rings. The van der Waals surface area contributed by atoms with E-state index in [0.29, 0.717) is 0 Å². The Morgan fingerprint density at radius 2 is 0.923 bits per heavy atom. The van der Waals surface area contributed by atoms with Crippen LogP contribution in [0.2, 0.25) is 0 Å². The van der Waals surface area contributed by atoms with E-state index in [4.69, 9.17) is 0 Å². The fourth-order valence-corrected chi connectivity index (χ4v) is 3.13. The Bertz CT molecular complexity index is 995. The average Bonchev–Trinajstić information content (AvgIpc) is 2.74. The summed E-state index contributed by atoms with van der Waals surface area (Å²) in [6.07, 6.45) is 4.35. The van der Waals surface area contributed by atoms with Crippen molar-refractivity contribution in [3.05, 3.63) is 120 Å². The van der Waals surface area contributed by atoms with Crippen LogP contribution in [-0.2, 0) is 0 Å². The van der Waals surface area contributed by atoms with Gasteiger partial charge in [-0.2, -0.15) is 0 Å². The third-order valence-electron chi connectivity index (χ3n) is 4.52. The first kappa shape index (κ1) is 16.1. The van der Waals surface area contributed by atoms with Crippen LogP contribution in [0.3, 0.4) is 0 Å². The highest BCUT2D eigenvalue weighted by Crippen LogP contribution is 2.28. The van der Waals surface area contributed by atoms with Gasteiger partial charge in [-0.05, 0) is 33.4 Å². The SMILES string of the molecule is C(=Cc1ccccc1-c1ccc(-c2ccccc2)cc1)c1ccccc1. The third-order valence-corrected chi connectivity index (χ3v) is 4.52. The highest BCUT2D eigenvalue weighted by molar-refractivity contribution is 5.81. The normalized spacial score (nSPS) is 10.9. The van der Waals surface area contributed by atoms with Gasteiger partial charge in [-0.15, -0.1) is 0 Å². The van der Waals surface area contributed by atoms with E-state index in [0.717, 1.165) is 0 Å². The fourth-order valence-electron chi connectivity index (χ4n) is 3.13. The van der Waals surface area contributed by atoms with Crippen molar-refractivity contribution in [3.63, 3.8) is 0 Å². The summed E-state index contributed by atoms with van der Waals surface area (Å²) in [6, 6.07) is 38.2. The lowest BCUT2D eigenvalue weighted by atomic mass is 9.96. The molecule has 0 heterocycles. The first-order valence-corrected chi connectivity index (χ1v) is 8.88. The number of hydrogen-bond donors (Lipinski definition) is 0. The van der Waals surface area contributed by atoms with Crippen LogP contribution < -0.4 is 0 Å². The Kier molecular flexibility index (Phi) is 4.75. The molecule has 26 heavy (non-hydrogen) atoms. The molecule has 0 aliphatic carbocycles. The standard InChI is InChI=1S/C26H20/c1-3-9-21(10-4-1)15-16-24-13-7-8-14-26(24)25-19-17-23(18-20-25)22-11-5-2-6-12-22/h1-20H. The summed E-state index contributed by atoms with van der Waals surface area (Å²) in [7, 11) is 0. The molecular formula is C26H20. The van der Waals surface area contributed by atoms with E-state index in [-0.39, 0.29) is 0 Å². The van der Waals surface area contributed by atoms with Gasteiger partial charge in [0.25, 0.3) is 0 Å². The summed E-state index contributed by atoms with van der Waals surface area (Å²) >= 11 is 0. The van der Waals surface area contributed by atoms with Crippen LogP contribution in [-0.4, -0.2) is 0 Å². The van der Waals surface area contributed by atoms with Crippen molar-refractivity contribution in [2.24, 2.45) is 0 Å². The molecule has 0 heteroatoms. The minimum atomic E-state index is 1.21. The van der Waals surface area contributed by atoms with E-state index in [2.05, 4.69) is 109 Å². The van der Waals surface area contributed by atoms with Gasteiger partial charge in [-0.25, -0.2) is 0 Å². The van der Waals surface area contributed by atoms with Crippen LogP contribution in [0.15, 0.2) is 109 Å². The summed E-state index contributed by atoms with van der Waals surface area (Å²) in [5.74, 6) is 0. The second-order valence-corrected chi connectivity index (χ2v) is 6.27. The van der Waals surface area contributed by atoms with Crippen LogP contribution in [0, 0.1) is 0 Å². The first-order chi connectivity index (χ1) is 12.9. The zero-order valence-electron chi connectivity index (χ0n) is 14.5. The number of rotatable bonds is 4. The van der Waals surface area contributed by atoms with E-state index >= 15 is 0 Å². The summed E-state index contributed by atoms with van der Waals surface area (Å²) in [5.41, 5.74) is 7.41. The largest absolute Gasteiger partial charge is 0.0622 e. The van der Waals surface area contributed by atoms with Crippen LogP contribution in [0.5, 0.6) is 0 Å². The molecule has 4 aromatic carbocycles. The minimum absolute atomic E-state index is 1.21. The fraction of sp³-hybridized carbons (Fsp3) is 0. The van der Waals surface area contributed by atoms with Crippen molar-refractivity contribution < 1.29 is 0 Å². The molecule has 124 valence electrons. The molecule has 0 fully saturated rings. The third kappa shape index (κ3) is 3.65. The van der Waals surface area contributed by atoms with Crippen LogP contribution in [0.1, 0.15) is 11.1 Å². The molecule has 0 bridgehead atoms. The summed E-state index contributed by atoms with van der Waals surface area (Å²) in [6.45, 7) is 0. The summed E-state index contributed by atoms with van der Waals surface area (Å²) in [5, 5.41) is 0. The molecule has 0 saturated heterocycles. The Labute approximate surface area is 155 Å². The lowest BCUT2D eigenvalue weighted by Gasteiger charge is -2.08. The molecule has 0 aromatic heterocycles. The topological polar surface area (TPSA) is 0 Å². The van der Waals surface area contributed by atoms with E-state index in [1.807, 2.05) is 12.1 Å². The van der Waals surface area contributed by atoms with E-state index in [1.54, 1.807) is 0 Å². The maximum Gasteiger partial charge on any atom is -0.0111 e. The van der Waals surface area contributed by atoms with Gasteiger partial charge in [0, 0.05) is 0 Å². The maximum atomic E-state index is 2.21. The lowest BCUT2D eigenvalue weighted by Crippen LogP contribution is -1.84. The molecule has 0 atom stereocenters. The Morgan fingerprint density at radius 1 is 0.385 bits per heavy atom. The monoisotopic (exact) mass is 332 g/mol. The quantitative estimate of drug-likeness (QED) is 0.347. The van der Waals surface area contributed by atoms with Crippen molar-refractivity contribution in [2.45, 2.75) is 0 Å². The molecule has 0 aliphatic heterocycles. The van der Waals surface area contributed by atoms with E-state index in [1.165, 1.54) is 33.4 Å².